The summed E-state index contributed by atoms with van der Waals surface area (Å²) in [5.41, 5.74) is 3.38. The molecule has 0 aromatic carbocycles. The zero-order valence-corrected chi connectivity index (χ0v) is 16.0. The van der Waals surface area contributed by atoms with Gasteiger partial charge in [-0.1, -0.05) is 17.7 Å². The van der Waals surface area contributed by atoms with Crippen LogP contribution in [0.3, 0.4) is 0 Å². The van der Waals surface area contributed by atoms with Crippen molar-refractivity contribution in [3.63, 3.8) is 0 Å². The normalized spacial score (nSPS) is 18.0. The van der Waals surface area contributed by atoms with Crippen molar-refractivity contribution < 1.29 is 8.42 Å². The van der Waals surface area contributed by atoms with Crippen LogP contribution in [0.1, 0.15) is 24.1 Å². The number of aromatic nitrogens is 5. The molecule has 0 spiro atoms. The summed E-state index contributed by atoms with van der Waals surface area (Å²) in [5, 5.41) is 8.95. The SMILES string of the molecule is O=S(=O)(c1cnn2c1CCC2)N1CC=C(c2cn3ncnc3cc2Cl)CC1. The molecule has 10 heteroatoms. The standard InChI is InChI=1S/C17H17ClN6O2S/c18-14-8-17-19-11-21-24(17)10-13(14)12-3-6-22(7-4-12)27(25,26)16-9-20-23-5-1-2-15(16)23/h3,8-11H,1-2,4-7H2. The maximum Gasteiger partial charge on any atom is 0.246 e. The van der Waals surface area contributed by atoms with Gasteiger partial charge in [0.25, 0.3) is 0 Å². The Morgan fingerprint density at radius 2 is 2.04 bits per heavy atom. The molecular weight excluding hydrogens is 388 g/mol. The average molecular weight is 405 g/mol. The van der Waals surface area contributed by atoms with Crippen molar-refractivity contribution in [1.29, 1.82) is 0 Å². The molecule has 5 heterocycles. The van der Waals surface area contributed by atoms with Gasteiger partial charge >= 0.3 is 0 Å². The number of fused-ring (bicyclic) bond motifs is 2. The quantitative estimate of drug-likeness (QED) is 0.666. The number of hydrogen-bond donors (Lipinski definition) is 0. The van der Waals surface area contributed by atoms with Crippen LogP contribution in [0.2, 0.25) is 5.02 Å². The van der Waals surface area contributed by atoms with E-state index in [2.05, 4.69) is 15.2 Å². The van der Waals surface area contributed by atoms with E-state index < -0.39 is 10.0 Å². The summed E-state index contributed by atoms with van der Waals surface area (Å²) in [5.74, 6) is 0. The molecule has 8 nitrogen and oxygen atoms in total. The molecule has 2 aliphatic rings. The molecule has 0 saturated heterocycles. The largest absolute Gasteiger partial charge is 0.268 e. The first-order valence-corrected chi connectivity index (χ1v) is 10.6. The van der Waals surface area contributed by atoms with Crippen LogP contribution in [0.5, 0.6) is 0 Å². The van der Waals surface area contributed by atoms with Crippen LogP contribution in [0.15, 0.2) is 35.8 Å². The predicted molar refractivity (Wildman–Crippen MR) is 99.9 cm³/mol. The molecule has 2 aliphatic heterocycles. The van der Waals surface area contributed by atoms with Gasteiger partial charge in [-0.25, -0.2) is 17.9 Å². The number of sulfonamides is 1. The molecule has 0 unspecified atom stereocenters. The molecule has 3 aromatic heterocycles. The first-order valence-electron chi connectivity index (χ1n) is 8.77. The second-order valence-electron chi connectivity index (χ2n) is 6.72. The molecule has 0 N–H and O–H groups in total. The van der Waals surface area contributed by atoms with E-state index in [9.17, 15) is 8.42 Å². The first kappa shape index (κ1) is 16.9. The molecule has 140 valence electrons. The summed E-state index contributed by atoms with van der Waals surface area (Å²) >= 11 is 6.40. The highest BCUT2D eigenvalue weighted by atomic mass is 35.5. The Kier molecular flexibility index (Phi) is 3.85. The van der Waals surface area contributed by atoms with Gasteiger partial charge < -0.3 is 0 Å². The van der Waals surface area contributed by atoms with Gasteiger partial charge in [-0.2, -0.15) is 14.5 Å². The second kappa shape index (κ2) is 6.15. The summed E-state index contributed by atoms with van der Waals surface area (Å²) in [4.78, 5) is 4.47. The third-order valence-electron chi connectivity index (χ3n) is 5.19. The van der Waals surface area contributed by atoms with E-state index in [1.165, 1.54) is 16.8 Å². The minimum absolute atomic E-state index is 0.314. The molecule has 0 atom stereocenters. The van der Waals surface area contributed by atoms with E-state index >= 15 is 0 Å². The van der Waals surface area contributed by atoms with Crippen molar-refractivity contribution in [3.8, 4) is 0 Å². The Balaban J connectivity index is 1.44. The number of nitrogens with zero attached hydrogens (tertiary/aromatic N) is 6. The van der Waals surface area contributed by atoms with Crippen LogP contribution in [0.25, 0.3) is 11.2 Å². The summed E-state index contributed by atoms with van der Waals surface area (Å²) in [7, 11) is -3.54. The summed E-state index contributed by atoms with van der Waals surface area (Å²) in [6, 6.07) is 1.77. The Bertz CT molecular complexity index is 1180. The molecule has 0 fully saturated rings. The zero-order valence-electron chi connectivity index (χ0n) is 14.4. The van der Waals surface area contributed by atoms with Gasteiger partial charge in [-0.15, -0.1) is 0 Å². The first-order chi connectivity index (χ1) is 13.0. The Morgan fingerprint density at radius 3 is 2.85 bits per heavy atom. The molecule has 0 aliphatic carbocycles. The lowest BCUT2D eigenvalue weighted by Gasteiger charge is -2.26. The Morgan fingerprint density at radius 1 is 1.15 bits per heavy atom. The number of halogens is 1. The van der Waals surface area contributed by atoms with Crippen molar-refractivity contribution in [2.24, 2.45) is 0 Å². The molecule has 0 amide bonds. The summed E-state index contributed by atoms with van der Waals surface area (Å²) < 4.78 is 31.1. The number of pyridine rings is 1. The third-order valence-corrected chi connectivity index (χ3v) is 7.42. The van der Waals surface area contributed by atoms with Gasteiger partial charge in [-0.05, 0) is 24.8 Å². The topological polar surface area (TPSA) is 85.4 Å². The van der Waals surface area contributed by atoms with E-state index in [-0.39, 0.29) is 0 Å². The molecular formula is C17H17ClN6O2S. The lowest BCUT2D eigenvalue weighted by molar-refractivity contribution is 0.440. The lowest BCUT2D eigenvalue weighted by Crippen LogP contribution is -2.35. The van der Waals surface area contributed by atoms with Crippen LogP contribution in [-0.2, 0) is 23.0 Å². The smallest absolute Gasteiger partial charge is 0.246 e. The summed E-state index contributed by atoms with van der Waals surface area (Å²) in [6.45, 7) is 1.51. The minimum Gasteiger partial charge on any atom is -0.268 e. The molecule has 0 saturated carbocycles. The van der Waals surface area contributed by atoms with Crippen LogP contribution in [-0.4, -0.2) is 50.2 Å². The fourth-order valence-electron chi connectivity index (χ4n) is 3.78. The summed E-state index contributed by atoms with van der Waals surface area (Å²) in [6.07, 6.45) is 9.01. The molecule has 0 radical (unpaired) electrons. The molecule has 5 rings (SSSR count). The maximum absolute atomic E-state index is 13.1. The van der Waals surface area contributed by atoms with E-state index in [0.29, 0.717) is 35.1 Å². The van der Waals surface area contributed by atoms with E-state index in [0.717, 1.165) is 36.2 Å². The van der Waals surface area contributed by atoms with E-state index in [1.807, 2.05) is 12.3 Å². The van der Waals surface area contributed by atoms with Crippen molar-refractivity contribution >= 4 is 32.8 Å². The van der Waals surface area contributed by atoms with Crippen LogP contribution in [0, 0.1) is 0 Å². The fraction of sp³-hybridized carbons (Fsp3) is 0.353. The van der Waals surface area contributed by atoms with Crippen molar-refractivity contribution in [3.05, 3.63) is 47.1 Å². The monoisotopic (exact) mass is 404 g/mol. The van der Waals surface area contributed by atoms with Crippen LogP contribution >= 0.6 is 11.6 Å². The highest BCUT2D eigenvalue weighted by Crippen LogP contribution is 2.32. The maximum atomic E-state index is 13.1. The van der Waals surface area contributed by atoms with Gasteiger partial charge in [0.1, 0.15) is 11.2 Å². The van der Waals surface area contributed by atoms with Gasteiger partial charge in [0.15, 0.2) is 5.65 Å². The van der Waals surface area contributed by atoms with Crippen molar-refractivity contribution in [2.75, 3.05) is 13.1 Å². The predicted octanol–water partition coefficient (Wildman–Crippen LogP) is 2.00. The van der Waals surface area contributed by atoms with Gasteiger partial charge in [0.05, 0.1) is 16.9 Å². The minimum atomic E-state index is -3.54. The number of aryl methyl sites for hydroxylation is 1. The van der Waals surface area contributed by atoms with Crippen LogP contribution < -0.4 is 0 Å². The fourth-order valence-corrected chi connectivity index (χ4v) is 5.61. The second-order valence-corrected chi connectivity index (χ2v) is 9.04. The van der Waals surface area contributed by atoms with Gasteiger partial charge in [0.2, 0.25) is 10.0 Å². The number of hydrogen-bond acceptors (Lipinski definition) is 5. The highest BCUT2D eigenvalue weighted by molar-refractivity contribution is 7.89. The highest BCUT2D eigenvalue weighted by Gasteiger charge is 2.32. The number of rotatable bonds is 3. The molecule has 3 aromatic rings. The van der Waals surface area contributed by atoms with Crippen molar-refractivity contribution in [1.82, 2.24) is 28.7 Å². The van der Waals surface area contributed by atoms with Gasteiger partial charge in [-0.3, -0.25) is 4.68 Å². The Labute approximate surface area is 161 Å². The molecule has 0 bridgehead atoms. The van der Waals surface area contributed by atoms with Crippen molar-refractivity contribution in [2.45, 2.75) is 30.7 Å². The average Bonchev–Trinajstić information content (AvgIpc) is 3.37. The molecule has 27 heavy (non-hydrogen) atoms. The zero-order chi connectivity index (χ0) is 18.6. The van der Waals surface area contributed by atoms with E-state index in [1.54, 1.807) is 15.3 Å². The van der Waals surface area contributed by atoms with Crippen LogP contribution in [0.4, 0.5) is 0 Å². The van der Waals surface area contributed by atoms with Gasteiger partial charge in [0, 0.05) is 37.5 Å². The lowest BCUT2D eigenvalue weighted by atomic mass is 10.0. The van der Waals surface area contributed by atoms with E-state index in [4.69, 9.17) is 11.6 Å². The third kappa shape index (κ3) is 2.69. The Hall–Kier alpha value is -2.23.